The van der Waals surface area contributed by atoms with Crippen LogP contribution in [-0.4, -0.2) is 47.2 Å². The molecule has 3 aromatic rings. The quantitative estimate of drug-likeness (QED) is 0.539. The number of nitrogens with one attached hydrogen (secondary N) is 2. The van der Waals surface area contributed by atoms with Gasteiger partial charge in [-0.05, 0) is 56.2 Å². The number of fused-ring (bicyclic) bond motifs is 1. The van der Waals surface area contributed by atoms with Crippen LogP contribution in [0.4, 0.5) is 10.1 Å². The highest BCUT2D eigenvalue weighted by Gasteiger charge is 2.23. The lowest BCUT2D eigenvalue weighted by Crippen LogP contribution is -2.53. The molecule has 2 N–H and O–H groups in total. The van der Waals surface area contributed by atoms with Crippen molar-refractivity contribution in [3.63, 3.8) is 0 Å². The molecule has 1 aliphatic rings. The molecule has 1 amide bonds. The van der Waals surface area contributed by atoms with Gasteiger partial charge in [0.05, 0.1) is 15.9 Å². The molecular weight excluding hydrogens is 469 g/mol. The minimum absolute atomic E-state index is 0.0798. The van der Waals surface area contributed by atoms with Gasteiger partial charge < -0.3 is 15.5 Å². The van der Waals surface area contributed by atoms with E-state index in [0.29, 0.717) is 28.4 Å². The van der Waals surface area contributed by atoms with Gasteiger partial charge in [0.2, 0.25) is 5.91 Å². The number of carbonyl (C=O) groups is 1. The van der Waals surface area contributed by atoms with Gasteiger partial charge in [0, 0.05) is 43.0 Å². The molecule has 186 valence electrons. The molecule has 9 heteroatoms. The molecule has 2 aromatic carbocycles. The van der Waals surface area contributed by atoms with Crippen LogP contribution in [0.5, 0.6) is 0 Å². The van der Waals surface area contributed by atoms with Crippen molar-refractivity contribution in [2.75, 3.05) is 24.5 Å². The molecule has 1 aromatic heterocycles. The van der Waals surface area contributed by atoms with Crippen molar-refractivity contribution in [2.24, 2.45) is 5.92 Å². The number of nitrogens with zero attached hydrogens (tertiary/aromatic N) is 3. The van der Waals surface area contributed by atoms with Crippen molar-refractivity contribution in [3.05, 3.63) is 57.6 Å². The SMILES string of the molecule is CC(C)NC(=O)Cn1c(-c2ccc(F)c(Cl)c2)nc2ccc(N3CCNC(C(C)C)C3)cc2c1=O. The first-order chi connectivity index (χ1) is 16.6. The van der Waals surface area contributed by atoms with Gasteiger partial charge in [-0.3, -0.25) is 14.2 Å². The molecule has 0 radical (unpaired) electrons. The van der Waals surface area contributed by atoms with Crippen LogP contribution in [0.2, 0.25) is 5.02 Å². The fraction of sp³-hybridized carbons (Fsp3) is 0.423. The third-order valence-corrected chi connectivity index (χ3v) is 6.53. The molecular formula is C26H31ClFN5O2. The van der Waals surface area contributed by atoms with E-state index in [9.17, 15) is 14.0 Å². The summed E-state index contributed by atoms with van der Waals surface area (Å²) in [6.45, 7) is 10.4. The fourth-order valence-corrected chi connectivity index (χ4v) is 4.56. The summed E-state index contributed by atoms with van der Waals surface area (Å²) in [5.41, 5.74) is 1.57. The molecule has 0 aliphatic carbocycles. The van der Waals surface area contributed by atoms with Gasteiger partial charge in [-0.25, -0.2) is 9.37 Å². The Hall–Kier alpha value is -2.97. The monoisotopic (exact) mass is 499 g/mol. The Kier molecular flexibility index (Phi) is 7.42. The number of hydrogen-bond donors (Lipinski definition) is 2. The summed E-state index contributed by atoms with van der Waals surface area (Å²) in [7, 11) is 0. The summed E-state index contributed by atoms with van der Waals surface area (Å²) in [6.07, 6.45) is 0. The van der Waals surface area contributed by atoms with E-state index < -0.39 is 5.82 Å². The molecule has 4 rings (SSSR count). The van der Waals surface area contributed by atoms with Gasteiger partial charge >= 0.3 is 0 Å². The maximum absolute atomic E-state index is 13.8. The highest BCUT2D eigenvalue weighted by atomic mass is 35.5. The summed E-state index contributed by atoms with van der Waals surface area (Å²) < 4.78 is 15.1. The van der Waals surface area contributed by atoms with Crippen LogP contribution in [0.15, 0.2) is 41.2 Å². The van der Waals surface area contributed by atoms with Crippen LogP contribution in [0.1, 0.15) is 27.7 Å². The van der Waals surface area contributed by atoms with Crippen LogP contribution in [-0.2, 0) is 11.3 Å². The van der Waals surface area contributed by atoms with Crippen molar-refractivity contribution < 1.29 is 9.18 Å². The van der Waals surface area contributed by atoms with Gasteiger partial charge in [-0.15, -0.1) is 0 Å². The third kappa shape index (κ3) is 5.49. The zero-order chi connectivity index (χ0) is 25.3. The topological polar surface area (TPSA) is 79.3 Å². The fourth-order valence-electron chi connectivity index (χ4n) is 4.38. The van der Waals surface area contributed by atoms with Crippen LogP contribution >= 0.6 is 11.6 Å². The Balaban J connectivity index is 1.82. The van der Waals surface area contributed by atoms with Gasteiger partial charge in [0.25, 0.3) is 5.56 Å². The van der Waals surface area contributed by atoms with Crippen LogP contribution in [0.25, 0.3) is 22.3 Å². The normalized spacial score (nSPS) is 16.3. The zero-order valence-corrected chi connectivity index (χ0v) is 21.2. The predicted octanol–water partition coefficient (Wildman–Crippen LogP) is 3.81. The Morgan fingerprint density at radius 2 is 2.00 bits per heavy atom. The van der Waals surface area contributed by atoms with E-state index >= 15 is 0 Å². The number of halogens is 2. The lowest BCUT2D eigenvalue weighted by Gasteiger charge is -2.37. The standard InChI is InChI=1S/C26H31ClFN5O2/c1-15(2)23-13-32(10-9-29-23)18-6-8-22-19(12-18)26(35)33(14-24(34)30-16(3)4)25(31-22)17-5-7-21(28)20(27)11-17/h5-8,11-12,15-16,23,29H,9-10,13-14H2,1-4H3,(H,30,34). The first kappa shape index (κ1) is 25.1. The number of aromatic nitrogens is 2. The summed E-state index contributed by atoms with van der Waals surface area (Å²) in [5.74, 6) is -0.126. The van der Waals surface area contributed by atoms with Gasteiger partial charge in [-0.2, -0.15) is 0 Å². The smallest absolute Gasteiger partial charge is 0.262 e. The van der Waals surface area contributed by atoms with Gasteiger partial charge in [-0.1, -0.05) is 25.4 Å². The maximum atomic E-state index is 13.8. The summed E-state index contributed by atoms with van der Waals surface area (Å²) in [5, 5.41) is 6.71. The van der Waals surface area contributed by atoms with E-state index in [1.54, 1.807) is 0 Å². The van der Waals surface area contributed by atoms with Crippen molar-refractivity contribution in [1.29, 1.82) is 0 Å². The molecule has 0 spiro atoms. The van der Waals surface area contributed by atoms with Crippen molar-refractivity contribution >= 4 is 34.1 Å². The predicted molar refractivity (Wildman–Crippen MR) is 139 cm³/mol. The first-order valence-corrected chi connectivity index (χ1v) is 12.3. The van der Waals surface area contributed by atoms with E-state index in [-0.39, 0.29) is 34.9 Å². The zero-order valence-electron chi connectivity index (χ0n) is 20.4. The Morgan fingerprint density at radius 1 is 1.23 bits per heavy atom. The van der Waals surface area contributed by atoms with Gasteiger partial charge in [0.1, 0.15) is 18.2 Å². The van der Waals surface area contributed by atoms with Crippen LogP contribution in [0, 0.1) is 11.7 Å². The molecule has 1 saturated heterocycles. The molecule has 1 unspecified atom stereocenters. The average Bonchev–Trinajstić information content (AvgIpc) is 2.82. The van der Waals surface area contributed by atoms with E-state index in [4.69, 9.17) is 16.6 Å². The molecule has 2 heterocycles. The largest absolute Gasteiger partial charge is 0.369 e. The molecule has 1 atom stereocenters. The van der Waals surface area contributed by atoms with Crippen molar-refractivity contribution in [1.82, 2.24) is 20.2 Å². The lowest BCUT2D eigenvalue weighted by atomic mass is 10.0. The highest BCUT2D eigenvalue weighted by molar-refractivity contribution is 6.31. The minimum Gasteiger partial charge on any atom is -0.369 e. The Labute approximate surface area is 209 Å². The number of hydrogen-bond acceptors (Lipinski definition) is 5. The Bertz CT molecular complexity index is 1310. The van der Waals surface area contributed by atoms with E-state index in [1.165, 1.54) is 22.8 Å². The number of amides is 1. The van der Waals surface area contributed by atoms with Gasteiger partial charge in [0.15, 0.2) is 0 Å². The second-order valence-electron chi connectivity index (χ2n) is 9.63. The third-order valence-electron chi connectivity index (χ3n) is 6.24. The lowest BCUT2D eigenvalue weighted by molar-refractivity contribution is -0.122. The number of rotatable bonds is 6. The van der Waals surface area contributed by atoms with Crippen LogP contribution in [0.3, 0.4) is 0 Å². The first-order valence-electron chi connectivity index (χ1n) is 11.9. The molecule has 7 nitrogen and oxygen atoms in total. The summed E-state index contributed by atoms with van der Waals surface area (Å²) >= 11 is 6.01. The number of piperazine rings is 1. The second-order valence-corrected chi connectivity index (χ2v) is 10.0. The summed E-state index contributed by atoms with van der Waals surface area (Å²) in [6, 6.07) is 10.1. The molecule has 1 aliphatic heterocycles. The maximum Gasteiger partial charge on any atom is 0.262 e. The van der Waals surface area contributed by atoms with E-state index in [1.807, 2.05) is 32.0 Å². The average molecular weight is 500 g/mol. The Morgan fingerprint density at radius 3 is 2.69 bits per heavy atom. The molecule has 1 fully saturated rings. The molecule has 35 heavy (non-hydrogen) atoms. The minimum atomic E-state index is -0.567. The van der Waals surface area contributed by atoms with Crippen molar-refractivity contribution in [2.45, 2.75) is 46.3 Å². The molecule has 0 saturated carbocycles. The van der Waals surface area contributed by atoms with Crippen molar-refractivity contribution in [3.8, 4) is 11.4 Å². The van der Waals surface area contributed by atoms with E-state index in [2.05, 4.69) is 29.4 Å². The number of benzene rings is 2. The highest BCUT2D eigenvalue weighted by Crippen LogP contribution is 2.26. The van der Waals surface area contributed by atoms with Crippen LogP contribution < -0.4 is 21.1 Å². The van der Waals surface area contributed by atoms with E-state index in [0.717, 1.165) is 25.3 Å². The summed E-state index contributed by atoms with van der Waals surface area (Å²) in [4.78, 5) is 33.3. The molecule has 0 bridgehead atoms. The number of anilines is 1. The second kappa shape index (κ2) is 10.3. The number of carbonyl (C=O) groups excluding carboxylic acids is 1.